The molecule has 6 heteroatoms. The largest absolute Gasteiger partial charge is 0.349 e. The van der Waals surface area contributed by atoms with Gasteiger partial charge < -0.3 is 11.1 Å². The van der Waals surface area contributed by atoms with Crippen LogP contribution in [0.1, 0.15) is 36.0 Å². The maximum atomic E-state index is 11.9. The van der Waals surface area contributed by atoms with Crippen LogP contribution < -0.4 is 11.1 Å². The van der Waals surface area contributed by atoms with E-state index in [9.17, 15) is 4.79 Å². The molecular weight excluding hydrogens is 324 g/mol. The molecule has 17 heavy (non-hydrogen) atoms. The third-order valence-electron chi connectivity index (χ3n) is 2.94. The fourth-order valence-electron chi connectivity index (χ4n) is 1.96. The Morgan fingerprint density at radius 3 is 2.59 bits per heavy atom. The third kappa shape index (κ3) is 4.25. The fraction of sp³-hybridized carbons (Fsp3) is 0.545. The van der Waals surface area contributed by atoms with Crippen molar-refractivity contribution in [2.75, 3.05) is 0 Å². The number of thiophene rings is 1. The number of nitrogens with two attached hydrogens (primary N) is 1. The van der Waals surface area contributed by atoms with E-state index in [2.05, 4.69) is 21.2 Å². The summed E-state index contributed by atoms with van der Waals surface area (Å²) in [5, 5.41) is 4.93. The predicted molar refractivity (Wildman–Crippen MR) is 77.0 cm³/mol. The lowest BCUT2D eigenvalue weighted by molar-refractivity contribution is 0.0926. The Kier molecular flexibility index (Phi) is 5.92. The van der Waals surface area contributed by atoms with Gasteiger partial charge in [0.05, 0.1) is 9.35 Å². The van der Waals surface area contributed by atoms with Gasteiger partial charge in [-0.2, -0.15) is 0 Å². The molecule has 1 aliphatic rings. The van der Waals surface area contributed by atoms with Crippen molar-refractivity contribution in [2.45, 2.75) is 37.8 Å². The van der Waals surface area contributed by atoms with Gasteiger partial charge >= 0.3 is 0 Å². The zero-order valence-electron chi connectivity index (χ0n) is 9.32. The van der Waals surface area contributed by atoms with Crippen molar-refractivity contribution in [1.29, 1.82) is 0 Å². The second-order valence-electron chi connectivity index (χ2n) is 4.22. The van der Waals surface area contributed by atoms with Crippen molar-refractivity contribution in [3.63, 3.8) is 0 Å². The summed E-state index contributed by atoms with van der Waals surface area (Å²) >= 11 is 4.89. The molecule has 0 aliphatic heterocycles. The van der Waals surface area contributed by atoms with E-state index in [-0.39, 0.29) is 18.3 Å². The first kappa shape index (κ1) is 15.0. The molecule has 96 valence electrons. The highest BCUT2D eigenvalue weighted by atomic mass is 79.9. The van der Waals surface area contributed by atoms with Crippen molar-refractivity contribution < 1.29 is 4.79 Å². The Bertz CT molecular complexity index is 377. The van der Waals surface area contributed by atoms with Gasteiger partial charge in [-0.25, -0.2) is 0 Å². The number of carbonyl (C=O) groups excluding carboxylic acids is 1. The molecule has 0 saturated heterocycles. The first-order valence-electron chi connectivity index (χ1n) is 5.45. The monoisotopic (exact) mass is 338 g/mol. The highest BCUT2D eigenvalue weighted by Gasteiger charge is 2.20. The Hall–Kier alpha value is -0.100. The summed E-state index contributed by atoms with van der Waals surface area (Å²) in [5.41, 5.74) is 6.57. The summed E-state index contributed by atoms with van der Waals surface area (Å²) in [6.07, 6.45) is 4.02. The molecule has 1 aliphatic carbocycles. The zero-order valence-corrected chi connectivity index (χ0v) is 12.5. The lowest BCUT2D eigenvalue weighted by Gasteiger charge is -2.26. The van der Waals surface area contributed by atoms with Crippen LogP contribution in [0.3, 0.4) is 0 Å². The Labute approximate surface area is 120 Å². The van der Waals surface area contributed by atoms with Gasteiger partial charge in [0.15, 0.2) is 0 Å². The number of nitrogens with one attached hydrogen (secondary N) is 1. The van der Waals surface area contributed by atoms with Crippen molar-refractivity contribution in [3.05, 3.63) is 20.8 Å². The minimum Gasteiger partial charge on any atom is -0.349 e. The highest BCUT2D eigenvalue weighted by molar-refractivity contribution is 9.11. The molecule has 1 aromatic heterocycles. The first-order valence-corrected chi connectivity index (χ1v) is 7.13. The molecule has 2 rings (SSSR count). The lowest BCUT2D eigenvalue weighted by Crippen LogP contribution is -2.40. The average Bonchev–Trinajstić information content (AvgIpc) is 2.68. The van der Waals surface area contributed by atoms with Crippen molar-refractivity contribution in [2.24, 2.45) is 5.73 Å². The van der Waals surface area contributed by atoms with E-state index in [0.717, 1.165) is 35.0 Å². The minimum atomic E-state index is 0. The molecule has 1 heterocycles. The third-order valence-corrected chi connectivity index (χ3v) is 4.44. The Morgan fingerprint density at radius 1 is 1.41 bits per heavy atom. The van der Waals surface area contributed by atoms with E-state index in [1.807, 2.05) is 11.4 Å². The first-order chi connectivity index (χ1) is 7.65. The minimum absolute atomic E-state index is 0. The Morgan fingerprint density at radius 2 is 2.06 bits per heavy atom. The molecule has 0 radical (unpaired) electrons. The van der Waals surface area contributed by atoms with Crippen molar-refractivity contribution in [3.8, 4) is 0 Å². The normalized spacial score (nSPS) is 23.9. The molecule has 0 unspecified atom stereocenters. The van der Waals surface area contributed by atoms with Crippen LogP contribution in [0.5, 0.6) is 0 Å². The standard InChI is InChI=1S/C11H15BrN2OS.ClH/c12-10-5-7(6-16-10)11(15)14-9-3-1-8(13)2-4-9;/h5-6,8-9H,1-4,13H2,(H,14,15);1H. The number of carbonyl (C=O) groups is 1. The van der Waals surface area contributed by atoms with Crippen LogP contribution in [0, 0.1) is 0 Å². The van der Waals surface area contributed by atoms with Gasteiger partial charge in [-0.15, -0.1) is 23.7 Å². The van der Waals surface area contributed by atoms with Crippen LogP contribution in [-0.4, -0.2) is 18.0 Å². The van der Waals surface area contributed by atoms with Crippen LogP contribution in [0.15, 0.2) is 15.2 Å². The molecule has 3 nitrogen and oxygen atoms in total. The maximum Gasteiger partial charge on any atom is 0.252 e. The van der Waals surface area contributed by atoms with Crippen molar-refractivity contribution >= 4 is 45.6 Å². The van der Waals surface area contributed by atoms with Crippen molar-refractivity contribution in [1.82, 2.24) is 5.32 Å². The van der Waals surface area contributed by atoms with E-state index in [1.165, 1.54) is 11.3 Å². The van der Waals surface area contributed by atoms with Gasteiger partial charge in [-0.1, -0.05) is 0 Å². The van der Waals surface area contributed by atoms with E-state index in [1.54, 1.807) is 0 Å². The van der Waals surface area contributed by atoms with Crippen LogP contribution in [0.2, 0.25) is 0 Å². The van der Waals surface area contributed by atoms with Gasteiger partial charge in [0.1, 0.15) is 0 Å². The van der Waals surface area contributed by atoms with Gasteiger partial charge in [0, 0.05) is 17.5 Å². The molecule has 0 spiro atoms. The quantitative estimate of drug-likeness (QED) is 0.870. The molecule has 3 N–H and O–H groups in total. The van der Waals surface area contributed by atoms with Crippen LogP contribution in [-0.2, 0) is 0 Å². The smallest absolute Gasteiger partial charge is 0.252 e. The van der Waals surface area contributed by atoms with Gasteiger partial charge in [-0.3, -0.25) is 4.79 Å². The van der Waals surface area contributed by atoms with E-state index in [4.69, 9.17) is 5.73 Å². The molecule has 1 saturated carbocycles. The van der Waals surface area contributed by atoms with Gasteiger partial charge in [-0.05, 0) is 47.7 Å². The second kappa shape index (κ2) is 6.73. The van der Waals surface area contributed by atoms with Crippen LogP contribution in [0.4, 0.5) is 0 Å². The summed E-state index contributed by atoms with van der Waals surface area (Å²) in [5.74, 6) is 0.0300. The highest BCUT2D eigenvalue weighted by Crippen LogP contribution is 2.22. The molecule has 0 atom stereocenters. The summed E-state index contributed by atoms with van der Waals surface area (Å²) in [6.45, 7) is 0. The van der Waals surface area contributed by atoms with E-state index in [0.29, 0.717) is 12.1 Å². The maximum absolute atomic E-state index is 11.9. The number of amides is 1. The van der Waals surface area contributed by atoms with Gasteiger partial charge in [0.25, 0.3) is 5.91 Å². The summed E-state index contributed by atoms with van der Waals surface area (Å²) in [6, 6.07) is 2.48. The van der Waals surface area contributed by atoms with Crippen LogP contribution >= 0.6 is 39.7 Å². The Balaban J connectivity index is 0.00000144. The van der Waals surface area contributed by atoms with E-state index < -0.39 is 0 Å². The van der Waals surface area contributed by atoms with E-state index >= 15 is 0 Å². The molecular formula is C11H16BrClN2OS. The topological polar surface area (TPSA) is 55.1 Å². The van der Waals surface area contributed by atoms with Gasteiger partial charge in [0.2, 0.25) is 0 Å². The SMILES string of the molecule is Cl.NC1CCC(NC(=O)c2csc(Br)c2)CC1. The fourth-order valence-corrected chi connectivity index (χ4v) is 3.10. The molecule has 1 aromatic rings. The number of halogens is 2. The zero-order chi connectivity index (χ0) is 11.5. The average molecular weight is 340 g/mol. The summed E-state index contributed by atoms with van der Waals surface area (Å²) in [4.78, 5) is 11.9. The van der Waals surface area contributed by atoms with Crippen LogP contribution in [0.25, 0.3) is 0 Å². The summed E-state index contributed by atoms with van der Waals surface area (Å²) < 4.78 is 0.989. The number of hydrogen-bond donors (Lipinski definition) is 2. The molecule has 0 aromatic carbocycles. The molecule has 1 amide bonds. The molecule has 1 fully saturated rings. The predicted octanol–water partition coefficient (Wildman–Crippen LogP) is 2.93. The number of rotatable bonds is 2. The second-order valence-corrected chi connectivity index (χ2v) is 6.52. The summed E-state index contributed by atoms with van der Waals surface area (Å²) in [7, 11) is 0. The number of hydrogen-bond acceptors (Lipinski definition) is 3. The molecule has 0 bridgehead atoms. The lowest BCUT2D eigenvalue weighted by atomic mass is 9.92.